The maximum atomic E-state index is 13.1. The topological polar surface area (TPSA) is 71.1 Å². The van der Waals surface area contributed by atoms with E-state index in [1.165, 1.54) is 6.42 Å². The number of carbonyl (C=O) groups excluding carboxylic acids is 2. The van der Waals surface area contributed by atoms with Gasteiger partial charge in [0.1, 0.15) is 19.1 Å². The molecule has 3 atom stereocenters. The molecule has 2 bridgehead atoms. The summed E-state index contributed by atoms with van der Waals surface area (Å²) >= 11 is 0. The Balaban J connectivity index is 0.00000192. The first-order valence-electron chi connectivity index (χ1n) is 9.95. The Hall–Kier alpha value is -1.99. The third-order valence-electron chi connectivity index (χ3n) is 6.18. The highest BCUT2D eigenvalue weighted by Crippen LogP contribution is 2.36. The Bertz CT molecular complexity index is 774. The van der Waals surface area contributed by atoms with Crippen LogP contribution in [0, 0.1) is 5.92 Å². The summed E-state index contributed by atoms with van der Waals surface area (Å²) in [7, 11) is 0. The largest absolute Gasteiger partial charge is 0.486 e. The molecular weight excluding hydrogens is 382 g/mol. The summed E-state index contributed by atoms with van der Waals surface area (Å²) in [6.07, 6.45) is 3.88. The number of nitrogens with one attached hydrogen (secondary N) is 1. The minimum Gasteiger partial charge on any atom is -0.486 e. The lowest BCUT2D eigenvalue weighted by atomic mass is 10.0. The van der Waals surface area contributed by atoms with Crippen molar-refractivity contribution in [1.82, 2.24) is 10.2 Å². The smallest absolute Gasteiger partial charge is 0.239 e. The first-order valence-corrected chi connectivity index (χ1v) is 9.95. The number of amides is 2. The van der Waals surface area contributed by atoms with Gasteiger partial charge in [-0.2, -0.15) is 0 Å². The predicted octanol–water partition coefficient (Wildman–Crippen LogP) is 1.59. The van der Waals surface area contributed by atoms with Crippen LogP contribution in [0.25, 0.3) is 0 Å². The Labute approximate surface area is 170 Å². The van der Waals surface area contributed by atoms with Gasteiger partial charge in [0.2, 0.25) is 11.8 Å². The first kappa shape index (κ1) is 19.3. The summed E-state index contributed by atoms with van der Waals surface area (Å²) in [5, 5.41) is 3.59. The van der Waals surface area contributed by atoms with E-state index in [4.69, 9.17) is 9.47 Å². The van der Waals surface area contributed by atoms with Crippen molar-refractivity contribution in [3.63, 3.8) is 0 Å². The van der Waals surface area contributed by atoms with Crippen LogP contribution >= 0.6 is 12.4 Å². The highest BCUT2D eigenvalue weighted by atomic mass is 35.5. The van der Waals surface area contributed by atoms with Crippen LogP contribution in [0.5, 0.6) is 11.5 Å². The molecule has 0 radical (unpaired) electrons. The molecular formula is C20H26ClN3O4. The zero-order valence-corrected chi connectivity index (χ0v) is 16.6. The van der Waals surface area contributed by atoms with Gasteiger partial charge >= 0.3 is 0 Å². The quantitative estimate of drug-likeness (QED) is 0.754. The zero-order chi connectivity index (χ0) is 18.4. The minimum absolute atomic E-state index is 0. The van der Waals surface area contributed by atoms with Crippen molar-refractivity contribution in [3.05, 3.63) is 18.2 Å². The number of halogens is 1. The summed E-state index contributed by atoms with van der Waals surface area (Å²) in [6.45, 7) is 3.09. The van der Waals surface area contributed by atoms with E-state index in [-0.39, 0.29) is 24.2 Å². The van der Waals surface area contributed by atoms with Gasteiger partial charge in [-0.25, -0.2) is 0 Å². The van der Waals surface area contributed by atoms with E-state index in [9.17, 15) is 9.59 Å². The molecule has 28 heavy (non-hydrogen) atoms. The molecule has 152 valence electrons. The fourth-order valence-electron chi connectivity index (χ4n) is 4.73. The van der Waals surface area contributed by atoms with Crippen LogP contribution in [0.2, 0.25) is 0 Å². The number of nitrogens with zero attached hydrogens (tertiary/aromatic N) is 2. The molecule has 0 aliphatic carbocycles. The second kappa shape index (κ2) is 7.79. The Morgan fingerprint density at radius 3 is 2.64 bits per heavy atom. The van der Waals surface area contributed by atoms with Crippen LogP contribution in [-0.2, 0) is 9.59 Å². The molecule has 0 saturated carbocycles. The van der Waals surface area contributed by atoms with Crippen molar-refractivity contribution in [3.8, 4) is 11.5 Å². The molecule has 3 unspecified atom stereocenters. The summed E-state index contributed by atoms with van der Waals surface area (Å²) in [4.78, 5) is 29.7. The van der Waals surface area contributed by atoms with Gasteiger partial charge in [0.05, 0.1) is 0 Å². The maximum absolute atomic E-state index is 13.1. The van der Waals surface area contributed by atoms with Gasteiger partial charge < -0.3 is 24.6 Å². The molecule has 5 rings (SSSR count). The molecule has 8 heteroatoms. The molecule has 7 nitrogen and oxygen atoms in total. The van der Waals surface area contributed by atoms with Crippen LogP contribution in [0.1, 0.15) is 25.7 Å². The van der Waals surface area contributed by atoms with Crippen LogP contribution in [-0.4, -0.2) is 61.6 Å². The normalized spacial score (nSPS) is 28.7. The number of carbonyl (C=O) groups is 2. The second-order valence-corrected chi connectivity index (χ2v) is 7.87. The van der Waals surface area contributed by atoms with Crippen molar-refractivity contribution < 1.29 is 19.1 Å². The van der Waals surface area contributed by atoms with E-state index >= 15 is 0 Å². The minimum atomic E-state index is -0.560. The molecule has 1 aromatic carbocycles. The molecule has 0 aromatic heterocycles. The Morgan fingerprint density at radius 2 is 1.79 bits per heavy atom. The third kappa shape index (κ3) is 3.42. The number of benzene rings is 1. The van der Waals surface area contributed by atoms with Crippen molar-refractivity contribution in [2.24, 2.45) is 5.92 Å². The van der Waals surface area contributed by atoms with Crippen LogP contribution in [0.3, 0.4) is 0 Å². The maximum Gasteiger partial charge on any atom is 0.239 e. The SMILES string of the molecule is Cl.O=C(C1CCN(c2ccc3c(c2)OCCO3)C1=O)N1CCC2CCC(C1)N2. The summed E-state index contributed by atoms with van der Waals surface area (Å²) in [5.74, 6) is 0.704. The van der Waals surface area contributed by atoms with Crippen LogP contribution in [0.15, 0.2) is 18.2 Å². The van der Waals surface area contributed by atoms with Gasteiger partial charge in [-0.3, -0.25) is 9.59 Å². The molecule has 2 amide bonds. The summed E-state index contributed by atoms with van der Waals surface area (Å²) < 4.78 is 11.2. The lowest BCUT2D eigenvalue weighted by Crippen LogP contribution is -2.44. The fourth-order valence-corrected chi connectivity index (χ4v) is 4.73. The standard InChI is InChI=1S/C20H25N3O4.ClH/c24-19(22-7-5-13-1-2-14(12-22)21-13)16-6-8-23(20(16)25)15-3-4-17-18(11-15)27-10-9-26-17;/h3-4,11,13-14,16,21H,1-2,5-10,12H2;1H. The Morgan fingerprint density at radius 1 is 1.00 bits per heavy atom. The number of rotatable bonds is 2. The van der Waals surface area contributed by atoms with E-state index in [2.05, 4.69) is 5.32 Å². The molecule has 3 fully saturated rings. The highest BCUT2D eigenvalue weighted by Gasteiger charge is 2.41. The van der Waals surface area contributed by atoms with Crippen LogP contribution < -0.4 is 19.7 Å². The van der Waals surface area contributed by atoms with Crippen molar-refractivity contribution in [2.45, 2.75) is 37.8 Å². The molecule has 4 aliphatic rings. The summed E-state index contributed by atoms with van der Waals surface area (Å²) in [5.41, 5.74) is 0.774. The fraction of sp³-hybridized carbons (Fsp3) is 0.600. The molecule has 4 aliphatic heterocycles. The van der Waals surface area contributed by atoms with E-state index in [1.807, 2.05) is 23.1 Å². The van der Waals surface area contributed by atoms with E-state index in [0.717, 1.165) is 31.6 Å². The third-order valence-corrected chi connectivity index (χ3v) is 6.18. The molecule has 4 heterocycles. The van der Waals surface area contributed by atoms with Crippen molar-refractivity contribution in [2.75, 3.05) is 37.7 Å². The van der Waals surface area contributed by atoms with E-state index < -0.39 is 5.92 Å². The second-order valence-electron chi connectivity index (χ2n) is 7.87. The number of likely N-dealkylation sites (tertiary alicyclic amines) is 1. The number of ether oxygens (including phenoxy) is 2. The number of hydrogen-bond donors (Lipinski definition) is 1. The summed E-state index contributed by atoms with van der Waals surface area (Å²) in [6, 6.07) is 6.46. The van der Waals surface area contributed by atoms with Crippen molar-refractivity contribution in [1.29, 1.82) is 0 Å². The van der Waals surface area contributed by atoms with E-state index in [0.29, 0.717) is 49.8 Å². The van der Waals surface area contributed by atoms with Gasteiger partial charge in [0, 0.05) is 43.5 Å². The van der Waals surface area contributed by atoms with Gasteiger partial charge in [-0.1, -0.05) is 0 Å². The predicted molar refractivity (Wildman–Crippen MR) is 106 cm³/mol. The Kier molecular flexibility index (Phi) is 5.38. The molecule has 0 spiro atoms. The molecule has 1 N–H and O–H groups in total. The molecule has 1 aromatic rings. The lowest BCUT2D eigenvalue weighted by Gasteiger charge is -2.27. The first-order chi connectivity index (χ1) is 13.2. The van der Waals surface area contributed by atoms with Gasteiger partial charge in [0.15, 0.2) is 11.5 Å². The van der Waals surface area contributed by atoms with E-state index in [1.54, 1.807) is 4.90 Å². The van der Waals surface area contributed by atoms with Gasteiger partial charge in [-0.15, -0.1) is 12.4 Å². The number of anilines is 1. The van der Waals surface area contributed by atoms with Crippen LogP contribution in [0.4, 0.5) is 5.69 Å². The van der Waals surface area contributed by atoms with Gasteiger partial charge in [0.25, 0.3) is 0 Å². The zero-order valence-electron chi connectivity index (χ0n) is 15.8. The average molecular weight is 408 g/mol. The monoisotopic (exact) mass is 407 g/mol. The lowest BCUT2D eigenvalue weighted by molar-refractivity contribution is -0.140. The van der Waals surface area contributed by atoms with Crippen molar-refractivity contribution >= 4 is 29.9 Å². The average Bonchev–Trinajstić information content (AvgIpc) is 3.22. The highest BCUT2D eigenvalue weighted by molar-refractivity contribution is 6.09. The number of hydrogen-bond acceptors (Lipinski definition) is 5. The van der Waals surface area contributed by atoms with Gasteiger partial charge in [-0.05, 0) is 37.8 Å². The molecule has 3 saturated heterocycles. The number of fused-ring (bicyclic) bond motifs is 3.